The Morgan fingerprint density at radius 3 is 3.05 bits per heavy atom. The number of hydrogen-bond donors (Lipinski definition) is 1. The number of fused-ring (bicyclic) bond motifs is 1. The molecule has 0 spiro atoms. The van der Waals surface area contributed by atoms with Crippen molar-refractivity contribution in [3.63, 3.8) is 0 Å². The molecule has 20 heavy (non-hydrogen) atoms. The van der Waals surface area contributed by atoms with Crippen molar-refractivity contribution < 1.29 is 14.3 Å². The second-order valence-corrected chi connectivity index (χ2v) is 5.88. The van der Waals surface area contributed by atoms with Crippen molar-refractivity contribution in [3.05, 3.63) is 40.1 Å². The maximum Gasteiger partial charge on any atom is 0.250 e. The monoisotopic (exact) mass is 337 g/mol. The number of rotatable bonds is 2. The molecule has 0 aromatic heterocycles. The predicted molar refractivity (Wildman–Crippen MR) is 78.4 cm³/mol. The summed E-state index contributed by atoms with van der Waals surface area (Å²) in [6, 6.07) is 5.87. The molecular formula is C15H16BrNO3. The highest BCUT2D eigenvalue weighted by atomic mass is 79.9. The third kappa shape index (κ3) is 2.82. The summed E-state index contributed by atoms with van der Waals surface area (Å²) in [7, 11) is 0. The summed E-state index contributed by atoms with van der Waals surface area (Å²) in [5, 5.41) is 3.08. The highest BCUT2D eigenvalue weighted by Crippen LogP contribution is 2.34. The Hall–Kier alpha value is -1.49. The molecule has 2 aliphatic heterocycles. The van der Waals surface area contributed by atoms with E-state index < -0.39 is 0 Å². The van der Waals surface area contributed by atoms with Gasteiger partial charge in [0.05, 0.1) is 31.1 Å². The van der Waals surface area contributed by atoms with Crippen LogP contribution in [0, 0.1) is 0 Å². The van der Waals surface area contributed by atoms with Crippen LogP contribution in [0.5, 0.6) is 5.75 Å². The maximum atomic E-state index is 12.2. The molecule has 3 rings (SSSR count). The first-order valence-corrected chi connectivity index (χ1v) is 7.57. The molecule has 2 aliphatic rings. The van der Waals surface area contributed by atoms with Gasteiger partial charge in [0.25, 0.3) is 5.91 Å². The first-order valence-electron chi connectivity index (χ1n) is 6.78. The second kappa shape index (κ2) is 5.87. The van der Waals surface area contributed by atoms with E-state index in [2.05, 4.69) is 21.2 Å². The van der Waals surface area contributed by atoms with E-state index in [1.165, 1.54) is 0 Å². The zero-order chi connectivity index (χ0) is 13.9. The van der Waals surface area contributed by atoms with Gasteiger partial charge >= 0.3 is 0 Å². The molecule has 0 aliphatic carbocycles. The molecular weight excluding hydrogens is 322 g/mol. The fourth-order valence-electron chi connectivity index (χ4n) is 2.50. The summed E-state index contributed by atoms with van der Waals surface area (Å²) >= 11 is 3.46. The molecule has 1 amide bonds. The van der Waals surface area contributed by atoms with Crippen LogP contribution in [0.2, 0.25) is 0 Å². The number of hydrogen-bond acceptors (Lipinski definition) is 3. The van der Waals surface area contributed by atoms with Crippen molar-refractivity contribution in [1.29, 1.82) is 0 Å². The molecule has 1 atom stereocenters. The van der Waals surface area contributed by atoms with Crippen LogP contribution in [0.15, 0.2) is 34.5 Å². The van der Waals surface area contributed by atoms with Crippen LogP contribution in [-0.4, -0.2) is 19.1 Å². The Labute approximate surface area is 126 Å². The highest BCUT2D eigenvalue weighted by Gasteiger charge is 2.25. The first-order chi connectivity index (χ1) is 9.74. The number of benzene rings is 1. The molecule has 0 unspecified atom stereocenters. The van der Waals surface area contributed by atoms with E-state index in [1.54, 1.807) is 6.26 Å². The van der Waals surface area contributed by atoms with Crippen LogP contribution in [0.25, 0.3) is 0 Å². The van der Waals surface area contributed by atoms with E-state index in [1.807, 2.05) is 18.2 Å². The quantitative estimate of drug-likeness (QED) is 0.902. The van der Waals surface area contributed by atoms with Gasteiger partial charge in [0.1, 0.15) is 5.75 Å². The van der Waals surface area contributed by atoms with Gasteiger partial charge in [0.15, 0.2) is 0 Å². The van der Waals surface area contributed by atoms with E-state index >= 15 is 0 Å². The Balaban J connectivity index is 1.77. The van der Waals surface area contributed by atoms with Crippen LogP contribution in [0.3, 0.4) is 0 Å². The van der Waals surface area contributed by atoms with Crippen molar-refractivity contribution in [2.24, 2.45) is 0 Å². The lowest BCUT2D eigenvalue weighted by Crippen LogP contribution is -2.33. The third-order valence-electron chi connectivity index (χ3n) is 3.54. The molecule has 2 heterocycles. The number of ether oxygens (including phenoxy) is 2. The molecule has 0 fully saturated rings. The Morgan fingerprint density at radius 1 is 1.35 bits per heavy atom. The highest BCUT2D eigenvalue weighted by molar-refractivity contribution is 9.10. The van der Waals surface area contributed by atoms with E-state index in [4.69, 9.17) is 9.47 Å². The van der Waals surface area contributed by atoms with Crippen molar-refractivity contribution in [1.82, 2.24) is 5.32 Å². The molecule has 5 heteroatoms. The molecule has 0 saturated carbocycles. The van der Waals surface area contributed by atoms with Gasteiger partial charge in [-0.25, -0.2) is 0 Å². The SMILES string of the molecule is O=C(N[C@@H]1CCOc2ccc(Br)cc21)C1=COCCC1. The fourth-order valence-corrected chi connectivity index (χ4v) is 2.88. The summed E-state index contributed by atoms with van der Waals surface area (Å²) in [5.74, 6) is 0.807. The fraction of sp³-hybridized carbons (Fsp3) is 0.400. The van der Waals surface area contributed by atoms with Gasteiger partial charge in [-0.2, -0.15) is 0 Å². The minimum absolute atomic E-state index is 0.00780. The number of carbonyl (C=O) groups excluding carboxylic acids is 1. The molecule has 0 radical (unpaired) electrons. The molecule has 1 N–H and O–H groups in total. The zero-order valence-corrected chi connectivity index (χ0v) is 12.6. The number of carbonyl (C=O) groups is 1. The van der Waals surface area contributed by atoms with Crippen molar-refractivity contribution in [3.8, 4) is 5.75 Å². The van der Waals surface area contributed by atoms with Gasteiger partial charge in [-0.1, -0.05) is 15.9 Å². The second-order valence-electron chi connectivity index (χ2n) is 4.96. The molecule has 0 saturated heterocycles. The average molecular weight is 338 g/mol. The Kier molecular flexibility index (Phi) is 3.96. The summed E-state index contributed by atoms with van der Waals surface area (Å²) < 4.78 is 11.8. The lowest BCUT2D eigenvalue weighted by molar-refractivity contribution is -0.118. The van der Waals surface area contributed by atoms with Gasteiger partial charge in [-0.3, -0.25) is 4.79 Å². The summed E-state index contributed by atoms with van der Waals surface area (Å²) in [4.78, 5) is 12.2. The van der Waals surface area contributed by atoms with E-state index in [-0.39, 0.29) is 11.9 Å². The minimum Gasteiger partial charge on any atom is -0.501 e. The normalized spacial score (nSPS) is 21.1. The number of halogens is 1. The lowest BCUT2D eigenvalue weighted by atomic mass is 9.99. The van der Waals surface area contributed by atoms with Crippen LogP contribution >= 0.6 is 15.9 Å². The van der Waals surface area contributed by atoms with Crippen molar-refractivity contribution >= 4 is 21.8 Å². The van der Waals surface area contributed by atoms with Crippen LogP contribution < -0.4 is 10.1 Å². The molecule has 106 valence electrons. The van der Waals surface area contributed by atoms with Gasteiger partial charge in [-0.15, -0.1) is 0 Å². The van der Waals surface area contributed by atoms with Crippen molar-refractivity contribution in [2.45, 2.75) is 25.3 Å². The lowest BCUT2D eigenvalue weighted by Gasteiger charge is -2.27. The summed E-state index contributed by atoms with van der Waals surface area (Å²) in [5.41, 5.74) is 1.75. The van der Waals surface area contributed by atoms with Crippen LogP contribution in [0.4, 0.5) is 0 Å². The smallest absolute Gasteiger partial charge is 0.250 e. The first kappa shape index (κ1) is 13.5. The van der Waals surface area contributed by atoms with E-state index in [0.29, 0.717) is 13.2 Å². The average Bonchev–Trinajstić information content (AvgIpc) is 2.49. The number of amides is 1. The van der Waals surface area contributed by atoms with Crippen LogP contribution in [-0.2, 0) is 9.53 Å². The van der Waals surface area contributed by atoms with Gasteiger partial charge < -0.3 is 14.8 Å². The van der Waals surface area contributed by atoms with Crippen LogP contribution in [0.1, 0.15) is 30.9 Å². The molecule has 0 bridgehead atoms. The Morgan fingerprint density at radius 2 is 2.25 bits per heavy atom. The topological polar surface area (TPSA) is 47.6 Å². The molecule has 1 aromatic carbocycles. The number of nitrogens with one attached hydrogen (secondary N) is 1. The maximum absolute atomic E-state index is 12.2. The van der Waals surface area contributed by atoms with E-state index in [9.17, 15) is 4.79 Å². The third-order valence-corrected chi connectivity index (χ3v) is 4.04. The van der Waals surface area contributed by atoms with E-state index in [0.717, 1.165) is 40.6 Å². The van der Waals surface area contributed by atoms with Gasteiger partial charge in [0.2, 0.25) is 0 Å². The van der Waals surface area contributed by atoms with Gasteiger partial charge in [0, 0.05) is 16.5 Å². The Bertz CT molecular complexity index is 556. The molecule has 1 aromatic rings. The minimum atomic E-state index is -0.0393. The largest absolute Gasteiger partial charge is 0.501 e. The standard InChI is InChI=1S/C15H16BrNO3/c16-11-3-4-14-12(8-11)13(5-7-20-14)17-15(18)10-2-1-6-19-9-10/h3-4,8-9,13H,1-2,5-7H2,(H,17,18)/t13-/m1/s1. The zero-order valence-electron chi connectivity index (χ0n) is 11.0. The van der Waals surface area contributed by atoms with Gasteiger partial charge in [-0.05, 0) is 31.0 Å². The summed E-state index contributed by atoms with van der Waals surface area (Å²) in [6.07, 6.45) is 4.04. The molecule has 4 nitrogen and oxygen atoms in total. The predicted octanol–water partition coefficient (Wildman–Crippen LogP) is 3.08. The summed E-state index contributed by atoms with van der Waals surface area (Å²) in [6.45, 7) is 1.32. The van der Waals surface area contributed by atoms with Crippen molar-refractivity contribution in [2.75, 3.05) is 13.2 Å².